The summed E-state index contributed by atoms with van der Waals surface area (Å²) in [7, 11) is 0. The molecule has 166 valence electrons. The molecule has 0 spiro atoms. The van der Waals surface area contributed by atoms with Crippen molar-refractivity contribution in [3.8, 4) is 11.5 Å². The number of amides is 1. The summed E-state index contributed by atoms with van der Waals surface area (Å²) >= 11 is 6.01. The molecule has 2 heterocycles. The van der Waals surface area contributed by atoms with E-state index in [-0.39, 0.29) is 24.8 Å². The number of halogens is 1. The molecule has 0 radical (unpaired) electrons. The fourth-order valence-electron chi connectivity index (χ4n) is 3.90. The molecular formula is C25H19ClN2O5. The predicted octanol–water partition coefficient (Wildman–Crippen LogP) is 4.70. The van der Waals surface area contributed by atoms with Crippen LogP contribution in [0.1, 0.15) is 31.8 Å². The van der Waals surface area contributed by atoms with Crippen molar-refractivity contribution in [1.82, 2.24) is 9.88 Å². The first-order valence-corrected chi connectivity index (χ1v) is 10.6. The van der Waals surface area contributed by atoms with E-state index in [0.29, 0.717) is 28.6 Å². The highest BCUT2D eigenvalue weighted by molar-refractivity contribution is 6.30. The van der Waals surface area contributed by atoms with Gasteiger partial charge >= 0.3 is 5.97 Å². The standard InChI is InChI=1S/C25H19ClN2O5/c26-18-7-3-16(4-8-18)13-28-10-9-19-22(28)20(11-21-23(19)33-14-32-21)24(29)27-12-15-1-5-17(6-2-15)25(30)31/h1-11H,12-14H2,(H,27,29)(H,30,31). The Morgan fingerprint density at radius 1 is 1.00 bits per heavy atom. The number of fused-ring (bicyclic) bond motifs is 3. The zero-order valence-corrected chi connectivity index (χ0v) is 18.1. The molecule has 8 heteroatoms. The second kappa shape index (κ2) is 8.52. The van der Waals surface area contributed by atoms with E-state index in [4.69, 9.17) is 26.2 Å². The van der Waals surface area contributed by atoms with Gasteiger partial charge in [0.25, 0.3) is 5.91 Å². The lowest BCUT2D eigenvalue weighted by Crippen LogP contribution is -2.23. The molecule has 0 atom stereocenters. The number of ether oxygens (including phenoxy) is 2. The molecular weight excluding hydrogens is 444 g/mol. The van der Waals surface area contributed by atoms with Gasteiger partial charge in [-0.05, 0) is 47.5 Å². The average Bonchev–Trinajstić information content (AvgIpc) is 3.45. The number of nitrogens with one attached hydrogen (secondary N) is 1. The van der Waals surface area contributed by atoms with Gasteiger partial charge in [0.1, 0.15) is 0 Å². The van der Waals surface area contributed by atoms with Crippen molar-refractivity contribution in [3.05, 3.63) is 94.1 Å². The number of benzene rings is 3. The molecule has 0 bridgehead atoms. The molecule has 33 heavy (non-hydrogen) atoms. The summed E-state index contributed by atoms with van der Waals surface area (Å²) in [4.78, 5) is 24.3. The smallest absolute Gasteiger partial charge is 0.335 e. The number of carboxylic acids is 1. The summed E-state index contributed by atoms with van der Waals surface area (Å²) in [5, 5.41) is 13.4. The zero-order chi connectivity index (χ0) is 22.9. The van der Waals surface area contributed by atoms with Crippen LogP contribution in [0.3, 0.4) is 0 Å². The van der Waals surface area contributed by atoms with Gasteiger partial charge in [-0.3, -0.25) is 4.79 Å². The maximum Gasteiger partial charge on any atom is 0.335 e. The SMILES string of the molecule is O=C(O)c1ccc(CNC(=O)c2cc3c(c4ccn(Cc5ccc(Cl)cc5)c24)OCO3)cc1. The fraction of sp³-hybridized carbons (Fsp3) is 0.120. The first-order valence-electron chi connectivity index (χ1n) is 10.3. The second-order valence-electron chi connectivity index (χ2n) is 7.68. The van der Waals surface area contributed by atoms with E-state index in [1.807, 2.05) is 41.1 Å². The Bertz CT molecular complexity index is 1360. The van der Waals surface area contributed by atoms with Gasteiger partial charge < -0.3 is 24.5 Å². The quantitative estimate of drug-likeness (QED) is 0.433. The molecule has 0 saturated carbocycles. The summed E-state index contributed by atoms with van der Waals surface area (Å²) in [5.74, 6) is -0.102. The molecule has 1 aliphatic heterocycles. The van der Waals surface area contributed by atoms with Crippen LogP contribution in [0, 0.1) is 0 Å². The lowest BCUT2D eigenvalue weighted by molar-refractivity contribution is 0.0696. The van der Waals surface area contributed by atoms with Crippen LogP contribution in [0.5, 0.6) is 11.5 Å². The summed E-state index contributed by atoms with van der Waals surface area (Å²) in [6, 6.07) is 17.6. The highest BCUT2D eigenvalue weighted by Crippen LogP contribution is 2.42. The molecule has 5 rings (SSSR count). The highest BCUT2D eigenvalue weighted by atomic mass is 35.5. The van der Waals surface area contributed by atoms with Crippen LogP contribution < -0.4 is 14.8 Å². The molecule has 0 aliphatic carbocycles. The van der Waals surface area contributed by atoms with Crippen molar-refractivity contribution in [2.75, 3.05) is 6.79 Å². The largest absolute Gasteiger partial charge is 0.478 e. The number of aromatic nitrogens is 1. The van der Waals surface area contributed by atoms with Crippen molar-refractivity contribution >= 4 is 34.4 Å². The minimum Gasteiger partial charge on any atom is -0.478 e. The van der Waals surface area contributed by atoms with Gasteiger partial charge in [0.15, 0.2) is 11.5 Å². The van der Waals surface area contributed by atoms with Crippen molar-refractivity contribution in [2.45, 2.75) is 13.1 Å². The number of aromatic carboxylic acids is 1. The molecule has 3 aromatic carbocycles. The average molecular weight is 463 g/mol. The van der Waals surface area contributed by atoms with Gasteiger partial charge in [-0.25, -0.2) is 4.79 Å². The molecule has 1 aromatic heterocycles. The number of hydrogen-bond donors (Lipinski definition) is 2. The minimum absolute atomic E-state index is 0.105. The number of rotatable bonds is 6. The van der Waals surface area contributed by atoms with Gasteiger partial charge in [0, 0.05) is 29.7 Å². The van der Waals surface area contributed by atoms with Crippen LogP contribution in [-0.4, -0.2) is 28.3 Å². The van der Waals surface area contributed by atoms with Crippen LogP contribution in [0.15, 0.2) is 66.9 Å². The van der Waals surface area contributed by atoms with Gasteiger partial charge in [-0.2, -0.15) is 0 Å². The number of nitrogens with zero attached hydrogens (tertiary/aromatic N) is 1. The Labute approximate surface area is 194 Å². The topological polar surface area (TPSA) is 89.8 Å². The van der Waals surface area contributed by atoms with Crippen LogP contribution in [-0.2, 0) is 13.1 Å². The second-order valence-corrected chi connectivity index (χ2v) is 8.11. The van der Waals surface area contributed by atoms with Crippen LogP contribution in [0.4, 0.5) is 0 Å². The highest BCUT2D eigenvalue weighted by Gasteiger charge is 2.25. The lowest BCUT2D eigenvalue weighted by Gasteiger charge is -2.12. The summed E-state index contributed by atoms with van der Waals surface area (Å²) in [6.45, 7) is 0.914. The Hall–Kier alpha value is -3.97. The van der Waals surface area contributed by atoms with E-state index >= 15 is 0 Å². The lowest BCUT2D eigenvalue weighted by atomic mass is 10.1. The van der Waals surface area contributed by atoms with Gasteiger partial charge in [-0.1, -0.05) is 35.9 Å². The molecule has 7 nitrogen and oxygen atoms in total. The van der Waals surface area contributed by atoms with E-state index in [1.54, 1.807) is 18.2 Å². The molecule has 1 aliphatic rings. The molecule has 0 saturated heterocycles. The summed E-state index contributed by atoms with van der Waals surface area (Å²) < 4.78 is 13.2. The van der Waals surface area contributed by atoms with Crippen LogP contribution in [0.2, 0.25) is 5.02 Å². The van der Waals surface area contributed by atoms with Gasteiger partial charge in [0.2, 0.25) is 6.79 Å². The monoisotopic (exact) mass is 462 g/mol. The van der Waals surface area contributed by atoms with E-state index in [2.05, 4.69) is 5.32 Å². The van der Waals surface area contributed by atoms with Crippen molar-refractivity contribution in [3.63, 3.8) is 0 Å². The van der Waals surface area contributed by atoms with Crippen LogP contribution >= 0.6 is 11.6 Å². The minimum atomic E-state index is -0.991. The summed E-state index contributed by atoms with van der Waals surface area (Å²) in [5.41, 5.74) is 3.24. The third-order valence-corrected chi connectivity index (χ3v) is 5.80. The summed E-state index contributed by atoms with van der Waals surface area (Å²) in [6.07, 6.45) is 1.92. The normalized spacial score (nSPS) is 12.2. The van der Waals surface area contributed by atoms with Crippen LogP contribution in [0.25, 0.3) is 10.9 Å². The molecule has 2 N–H and O–H groups in total. The molecule has 0 fully saturated rings. The number of hydrogen-bond acceptors (Lipinski definition) is 4. The fourth-order valence-corrected chi connectivity index (χ4v) is 4.02. The van der Waals surface area contributed by atoms with Crippen molar-refractivity contribution < 1.29 is 24.2 Å². The molecule has 1 amide bonds. The molecule has 0 unspecified atom stereocenters. The number of carbonyl (C=O) groups excluding carboxylic acids is 1. The van der Waals surface area contributed by atoms with Crippen molar-refractivity contribution in [1.29, 1.82) is 0 Å². The maximum atomic E-state index is 13.2. The van der Waals surface area contributed by atoms with Gasteiger partial charge in [-0.15, -0.1) is 0 Å². The van der Waals surface area contributed by atoms with E-state index < -0.39 is 5.97 Å². The Kier molecular flexibility index (Phi) is 5.40. The third-order valence-electron chi connectivity index (χ3n) is 5.54. The zero-order valence-electron chi connectivity index (χ0n) is 17.4. The number of carboxylic acid groups (broad SMARTS) is 1. The van der Waals surface area contributed by atoms with E-state index in [9.17, 15) is 9.59 Å². The Morgan fingerprint density at radius 2 is 1.73 bits per heavy atom. The first kappa shape index (κ1) is 20.9. The number of carbonyl (C=O) groups is 2. The maximum absolute atomic E-state index is 13.2. The van der Waals surface area contributed by atoms with Gasteiger partial charge in [0.05, 0.1) is 16.6 Å². The van der Waals surface area contributed by atoms with Crippen molar-refractivity contribution in [2.24, 2.45) is 0 Å². The van der Waals surface area contributed by atoms with E-state index in [0.717, 1.165) is 22.0 Å². The third kappa shape index (κ3) is 4.10. The van der Waals surface area contributed by atoms with E-state index in [1.165, 1.54) is 12.1 Å². The predicted molar refractivity (Wildman–Crippen MR) is 123 cm³/mol. The molecule has 4 aromatic rings. The Balaban J connectivity index is 1.46. The first-order chi connectivity index (χ1) is 16.0. The Morgan fingerprint density at radius 3 is 2.45 bits per heavy atom.